The fourth-order valence-electron chi connectivity index (χ4n) is 5.53. The van der Waals surface area contributed by atoms with E-state index in [2.05, 4.69) is 10.8 Å². The first-order chi connectivity index (χ1) is 24.8. The number of benzene rings is 6. The standard InChI is InChI=1S/C42H34N2O7/c45-40(37-22-12-31(26-39(37)42(48)49)24-29-9-5-2-6-10-29)43-33-14-18-35(19-15-33)51-36-20-16-34(17-21-36)44-50-27-32-13-11-30(25-38(32)41(46)47)23-28-7-3-1-4-8-28/h1-22,25-26,44H,23-24,27H2,(H,43,45)(H,46,47)(H,48,49). The van der Waals surface area contributed by atoms with Crippen LogP contribution in [0.4, 0.5) is 11.4 Å². The third-order valence-corrected chi connectivity index (χ3v) is 8.09. The van der Waals surface area contributed by atoms with E-state index in [9.17, 15) is 24.6 Å². The van der Waals surface area contributed by atoms with Gasteiger partial charge in [0, 0.05) is 5.69 Å². The Balaban J connectivity index is 1.01. The van der Waals surface area contributed by atoms with E-state index in [1.54, 1.807) is 66.7 Å². The zero-order chi connectivity index (χ0) is 35.6. The van der Waals surface area contributed by atoms with Gasteiger partial charge in [0.05, 0.1) is 22.4 Å². The summed E-state index contributed by atoms with van der Waals surface area (Å²) in [5, 5.41) is 22.3. The molecule has 6 aromatic rings. The van der Waals surface area contributed by atoms with Gasteiger partial charge in [0.15, 0.2) is 0 Å². The molecule has 9 nitrogen and oxygen atoms in total. The van der Waals surface area contributed by atoms with Gasteiger partial charge in [-0.05, 0) is 107 Å². The number of carboxylic acids is 2. The number of hydrogen-bond acceptors (Lipinski definition) is 6. The van der Waals surface area contributed by atoms with Crippen LogP contribution in [0.3, 0.4) is 0 Å². The summed E-state index contributed by atoms with van der Waals surface area (Å²) in [4.78, 5) is 42.6. The zero-order valence-corrected chi connectivity index (χ0v) is 27.4. The predicted octanol–water partition coefficient (Wildman–Crippen LogP) is 8.85. The highest BCUT2D eigenvalue weighted by Crippen LogP contribution is 2.26. The molecule has 0 unspecified atom stereocenters. The van der Waals surface area contributed by atoms with Crippen molar-refractivity contribution in [3.05, 3.63) is 190 Å². The molecule has 0 aromatic heterocycles. The van der Waals surface area contributed by atoms with E-state index < -0.39 is 17.8 Å². The SMILES string of the molecule is O=C(O)c1cc(Cc2ccccc2)ccc1CONc1ccc(Oc2ccc(NC(=O)c3ccc(Cc4ccccc4)cc3C(=O)O)cc2)cc1. The van der Waals surface area contributed by atoms with Crippen LogP contribution in [0.2, 0.25) is 0 Å². The van der Waals surface area contributed by atoms with Crippen molar-refractivity contribution < 1.29 is 34.2 Å². The molecule has 0 spiro atoms. The highest BCUT2D eigenvalue weighted by molar-refractivity contribution is 6.10. The minimum absolute atomic E-state index is 0.0472. The number of amides is 1. The Bertz CT molecular complexity index is 2130. The molecule has 51 heavy (non-hydrogen) atoms. The van der Waals surface area contributed by atoms with Gasteiger partial charge in [-0.25, -0.2) is 9.59 Å². The fourth-order valence-corrected chi connectivity index (χ4v) is 5.53. The second-order valence-corrected chi connectivity index (χ2v) is 11.8. The molecule has 6 rings (SSSR count). The van der Waals surface area contributed by atoms with E-state index in [-0.39, 0.29) is 23.3 Å². The summed E-state index contributed by atoms with van der Waals surface area (Å²) < 4.78 is 5.94. The van der Waals surface area contributed by atoms with Crippen LogP contribution in [0.15, 0.2) is 146 Å². The quantitative estimate of drug-likeness (QED) is 0.0840. The number of rotatable bonds is 14. The molecule has 6 aromatic carbocycles. The van der Waals surface area contributed by atoms with Crippen LogP contribution in [0.25, 0.3) is 0 Å². The van der Waals surface area contributed by atoms with E-state index in [0.717, 1.165) is 22.3 Å². The van der Waals surface area contributed by atoms with Crippen molar-refractivity contribution in [2.75, 3.05) is 10.8 Å². The highest BCUT2D eigenvalue weighted by Gasteiger charge is 2.18. The van der Waals surface area contributed by atoms with Crippen molar-refractivity contribution in [2.24, 2.45) is 0 Å². The van der Waals surface area contributed by atoms with Gasteiger partial charge in [-0.15, -0.1) is 0 Å². The van der Waals surface area contributed by atoms with E-state index in [1.165, 1.54) is 12.1 Å². The number of carboxylic acid groups (broad SMARTS) is 2. The topological polar surface area (TPSA) is 134 Å². The summed E-state index contributed by atoms with van der Waals surface area (Å²) in [6.45, 7) is 0.0472. The van der Waals surface area contributed by atoms with Crippen molar-refractivity contribution in [3.63, 3.8) is 0 Å². The molecule has 0 radical (unpaired) electrons. The maximum absolute atomic E-state index is 13.0. The van der Waals surface area contributed by atoms with Crippen molar-refractivity contribution in [3.8, 4) is 11.5 Å². The minimum Gasteiger partial charge on any atom is -0.478 e. The molecule has 0 aliphatic carbocycles. The summed E-state index contributed by atoms with van der Waals surface area (Å²) in [5.74, 6) is -1.64. The average molecular weight is 679 g/mol. The lowest BCUT2D eigenvalue weighted by atomic mass is 9.98. The average Bonchev–Trinajstić information content (AvgIpc) is 3.14. The Labute approximate surface area is 294 Å². The number of ether oxygens (including phenoxy) is 1. The van der Waals surface area contributed by atoms with Gasteiger partial charge in [0.2, 0.25) is 0 Å². The third kappa shape index (κ3) is 9.26. The van der Waals surface area contributed by atoms with Gasteiger partial charge < -0.3 is 20.3 Å². The lowest BCUT2D eigenvalue weighted by molar-refractivity contribution is 0.0682. The van der Waals surface area contributed by atoms with Crippen LogP contribution < -0.4 is 15.5 Å². The van der Waals surface area contributed by atoms with Crippen molar-refractivity contribution in [2.45, 2.75) is 19.4 Å². The lowest BCUT2D eigenvalue weighted by Crippen LogP contribution is -2.16. The van der Waals surface area contributed by atoms with Crippen LogP contribution in [-0.4, -0.2) is 28.1 Å². The van der Waals surface area contributed by atoms with Crippen molar-refractivity contribution in [1.82, 2.24) is 0 Å². The third-order valence-electron chi connectivity index (χ3n) is 8.09. The first kappa shape index (κ1) is 34.2. The van der Waals surface area contributed by atoms with Gasteiger partial charge in [-0.2, -0.15) is 0 Å². The van der Waals surface area contributed by atoms with Crippen LogP contribution >= 0.6 is 0 Å². The molecule has 0 fully saturated rings. The van der Waals surface area contributed by atoms with Gasteiger partial charge >= 0.3 is 11.9 Å². The molecule has 254 valence electrons. The van der Waals surface area contributed by atoms with E-state index in [4.69, 9.17) is 9.57 Å². The van der Waals surface area contributed by atoms with Gasteiger partial charge in [-0.1, -0.05) is 78.9 Å². The molecule has 0 aliphatic rings. The van der Waals surface area contributed by atoms with Gasteiger partial charge in [0.1, 0.15) is 18.1 Å². The number of aromatic carboxylic acids is 2. The molecule has 0 aliphatic heterocycles. The number of carbonyl (C=O) groups is 3. The van der Waals surface area contributed by atoms with Gasteiger partial charge in [-0.3, -0.25) is 15.1 Å². The molecule has 0 bridgehead atoms. The van der Waals surface area contributed by atoms with Crippen LogP contribution in [0.5, 0.6) is 11.5 Å². The number of nitrogens with one attached hydrogen (secondary N) is 2. The summed E-state index contributed by atoms with van der Waals surface area (Å²) in [6.07, 6.45) is 1.19. The molecule has 0 saturated heterocycles. The molecule has 0 atom stereocenters. The molecule has 4 N–H and O–H groups in total. The largest absolute Gasteiger partial charge is 0.478 e. The Hall–Kier alpha value is -6.71. The molecule has 9 heteroatoms. The normalized spacial score (nSPS) is 10.7. The van der Waals surface area contributed by atoms with E-state index in [1.807, 2.05) is 66.7 Å². The number of anilines is 2. The van der Waals surface area contributed by atoms with Crippen molar-refractivity contribution >= 4 is 29.2 Å². The van der Waals surface area contributed by atoms with E-state index >= 15 is 0 Å². The molecular formula is C42H34N2O7. The minimum atomic E-state index is -1.18. The second-order valence-electron chi connectivity index (χ2n) is 11.8. The monoisotopic (exact) mass is 678 g/mol. The van der Waals surface area contributed by atoms with E-state index in [0.29, 0.717) is 41.3 Å². The Morgan fingerprint density at radius 1 is 0.510 bits per heavy atom. The Morgan fingerprint density at radius 3 is 1.57 bits per heavy atom. The summed E-state index contributed by atoms with van der Waals surface area (Å²) in [5.41, 5.74) is 8.54. The van der Waals surface area contributed by atoms with Crippen LogP contribution in [0.1, 0.15) is 58.9 Å². The maximum atomic E-state index is 13.0. The maximum Gasteiger partial charge on any atom is 0.336 e. The smallest absolute Gasteiger partial charge is 0.336 e. The zero-order valence-electron chi connectivity index (χ0n) is 27.4. The molecular weight excluding hydrogens is 644 g/mol. The Morgan fingerprint density at radius 2 is 1.02 bits per heavy atom. The first-order valence-corrected chi connectivity index (χ1v) is 16.2. The van der Waals surface area contributed by atoms with Gasteiger partial charge in [0.25, 0.3) is 5.91 Å². The summed E-state index contributed by atoms with van der Waals surface area (Å²) >= 11 is 0. The summed E-state index contributed by atoms with van der Waals surface area (Å²) in [6, 6.07) is 43.5. The molecule has 0 heterocycles. The first-order valence-electron chi connectivity index (χ1n) is 16.2. The fraction of sp³-hybridized carbons (Fsp3) is 0.0714. The second kappa shape index (κ2) is 16.1. The highest BCUT2D eigenvalue weighted by atomic mass is 16.6. The van der Waals surface area contributed by atoms with Crippen LogP contribution in [0, 0.1) is 0 Å². The van der Waals surface area contributed by atoms with Crippen LogP contribution in [-0.2, 0) is 24.3 Å². The Kier molecular flexibility index (Phi) is 10.8. The predicted molar refractivity (Wildman–Crippen MR) is 195 cm³/mol. The number of hydrogen-bond donors (Lipinski definition) is 4. The molecule has 0 saturated carbocycles. The van der Waals surface area contributed by atoms with Crippen molar-refractivity contribution in [1.29, 1.82) is 0 Å². The number of carbonyl (C=O) groups excluding carboxylic acids is 1. The lowest BCUT2D eigenvalue weighted by Gasteiger charge is -2.12. The summed E-state index contributed by atoms with van der Waals surface area (Å²) in [7, 11) is 0. The molecule has 1 amide bonds.